The van der Waals surface area contributed by atoms with Gasteiger partial charge >= 0.3 is 0 Å². The summed E-state index contributed by atoms with van der Waals surface area (Å²) < 4.78 is 5.80. The van der Waals surface area contributed by atoms with Gasteiger partial charge in [-0.05, 0) is 78.9 Å². The van der Waals surface area contributed by atoms with Gasteiger partial charge in [0.15, 0.2) is 5.11 Å². The van der Waals surface area contributed by atoms with Gasteiger partial charge < -0.3 is 20.4 Å². The molecule has 0 amide bonds. The van der Waals surface area contributed by atoms with Crippen LogP contribution in [0, 0.1) is 0 Å². The van der Waals surface area contributed by atoms with Crippen molar-refractivity contribution in [3.63, 3.8) is 0 Å². The van der Waals surface area contributed by atoms with E-state index in [1.165, 1.54) is 0 Å². The number of anilines is 2. The van der Waals surface area contributed by atoms with Crippen molar-refractivity contribution < 1.29 is 4.74 Å². The number of aromatic amines is 1. The smallest absolute Gasteiger partial charge is 0.175 e. The summed E-state index contributed by atoms with van der Waals surface area (Å²) >= 11 is 17.2. The SMILES string of the molecule is S=C(Nc1ccc(Cl)cc1)Nc1ccc(OCc2nc3ccc(Cl)cc3[nH]2)cc1. The predicted molar refractivity (Wildman–Crippen MR) is 123 cm³/mol. The molecular formula is C21H16Cl2N4OS. The molecule has 0 saturated heterocycles. The van der Waals surface area contributed by atoms with Gasteiger partial charge in [-0.25, -0.2) is 4.98 Å². The minimum Gasteiger partial charge on any atom is -0.486 e. The van der Waals surface area contributed by atoms with E-state index in [9.17, 15) is 0 Å². The molecule has 0 unspecified atom stereocenters. The Hall–Kier alpha value is -2.80. The fourth-order valence-electron chi connectivity index (χ4n) is 2.72. The van der Waals surface area contributed by atoms with Crippen molar-refractivity contribution in [2.75, 3.05) is 10.6 Å². The van der Waals surface area contributed by atoms with Gasteiger partial charge in [-0.1, -0.05) is 23.2 Å². The largest absolute Gasteiger partial charge is 0.486 e. The first-order valence-corrected chi connectivity index (χ1v) is 9.92. The quantitative estimate of drug-likeness (QED) is 0.318. The van der Waals surface area contributed by atoms with Crippen LogP contribution >= 0.6 is 35.4 Å². The molecule has 0 radical (unpaired) electrons. The van der Waals surface area contributed by atoms with Gasteiger partial charge in [0, 0.05) is 21.4 Å². The lowest BCUT2D eigenvalue weighted by atomic mass is 10.3. The average molecular weight is 443 g/mol. The molecule has 0 aliphatic carbocycles. The van der Waals surface area contributed by atoms with Crippen molar-refractivity contribution in [3.05, 3.63) is 82.6 Å². The highest BCUT2D eigenvalue weighted by molar-refractivity contribution is 7.80. The van der Waals surface area contributed by atoms with E-state index < -0.39 is 0 Å². The number of rotatable bonds is 5. The predicted octanol–water partition coefficient (Wildman–Crippen LogP) is 6.26. The maximum Gasteiger partial charge on any atom is 0.175 e. The number of benzene rings is 3. The topological polar surface area (TPSA) is 62.0 Å². The summed E-state index contributed by atoms with van der Waals surface area (Å²) in [5, 5.41) is 8.07. The number of aromatic nitrogens is 2. The van der Waals surface area contributed by atoms with E-state index in [4.69, 9.17) is 40.2 Å². The first-order chi connectivity index (χ1) is 14.0. The van der Waals surface area contributed by atoms with Crippen LogP contribution in [-0.2, 0) is 6.61 Å². The van der Waals surface area contributed by atoms with Crippen LogP contribution < -0.4 is 15.4 Å². The Morgan fingerprint density at radius 2 is 1.52 bits per heavy atom. The lowest BCUT2D eigenvalue weighted by Gasteiger charge is -2.11. The molecule has 0 atom stereocenters. The number of nitrogens with one attached hydrogen (secondary N) is 3. The third-order valence-corrected chi connectivity index (χ3v) is 4.77. The summed E-state index contributed by atoms with van der Waals surface area (Å²) in [6.07, 6.45) is 0. The molecular weight excluding hydrogens is 427 g/mol. The Balaban J connectivity index is 1.32. The van der Waals surface area contributed by atoms with Crippen LogP contribution in [0.2, 0.25) is 10.0 Å². The number of nitrogens with zero attached hydrogens (tertiary/aromatic N) is 1. The van der Waals surface area contributed by atoms with Crippen molar-refractivity contribution in [3.8, 4) is 5.75 Å². The molecule has 0 fully saturated rings. The first-order valence-electron chi connectivity index (χ1n) is 8.76. The van der Waals surface area contributed by atoms with Crippen LogP contribution in [0.5, 0.6) is 5.75 Å². The molecule has 4 rings (SSSR count). The van der Waals surface area contributed by atoms with Gasteiger partial charge in [0.05, 0.1) is 11.0 Å². The van der Waals surface area contributed by atoms with Gasteiger partial charge in [0.2, 0.25) is 0 Å². The number of thiocarbonyl (C=S) groups is 1. The first kappa shape index (κ1) is 19.5. The van der Waals surface area contributed by atoms with E-state index in [0.717, 1.165) is 34.0 Å². The third-order valence-electron chi connectivity index (χ3n) is 4.08. The van der Waals surface area contributed by atoms with Crippen molar-refractivity contribution in [1.82, 2.24) is 9.97 Å². The van der Waals surface area contributed by atoms with Crippen LogP contribution in [0.4, 0.5) is 11.4 Å². The Morgan fingerprint density at radius 1 is 0.897 bits per heavy atom. The maximum atomic E-state index is 6.00. The molecule has 4 aromatic rings. The second kappa shape index (κ2) is 8.69. The number of ether oxygens (including phenoxy) is 1. The zero-order valence-electron chi connectivity index (χ0n) is 15.1. The number of fused-ring (bicyclic) bond motifs is 1. The zero-order valence-corrected chi connectivity index (χ0v) is 17.4. The van der Waals surface area contributed by atoms with E-state index in [-0.39, 0.29) is 0 Å². The lowest BCUT2D eigenvalue weighted by Crippen LogP contribution is -2.18. The molecule has 0 aliphatic rings. The Labute approximate surface area is 183 Å². The number of imidazole rings is 1. The summed E-state index contributed by atoms with van der Waals surface area (Å²) in [6.45, 7) is 0.329. The van der Waals surface area contributed by atoms with Crippen molar-refractivity contribution in [1.29, 1.82) is 0 Å². The number of hydrogen-bond acceptors (Lipinski definition) is 3. The molecule has 1 aromatic heterocycles. The minimum atomic E-state index is 0.329. The van der Waals surface area contributed by atoms with Crippen LogP contribution in [0.25, 0.3) is 11.0 Å². The van der Waals surface area contributed by atoms with Crippen molar-refractivity contribution in [2.24, 2.45) is 0 Å². The minimum absolute atomic E-state index is 0.329. The van der Waals surface area contributed by atoms with E-state index in [1.54, 1.807) is 12.1 Å². The molecule has 5 nitrogen and oxygen atoms in total. The second-order valence-electron chi connectivity index (χ2n) is 6.24. The van der Waals surface area contributed by atoms with Crippen LogP contribution in [0.15, 0.2) is 66.7 Å². The van der Waals surface area contributed by atoms with Gasteiger partial charge in [-0.3, -0.25) is 0 Å². The van der Waals surface area contributed by atoms with Crippen molar-refractivity contribution in [2.45, 2.75) is 6.61 Å². The summed E-state index contributed by atoms with van der Waals surface area (Å²) in [5.41, 5.74) is 3.45. The third kappa shape index (κ3) is 5.17. The van der Waals surface area contributed by atoms with Gasteiger partial charge in [0.1, 0.15) is 18.2 Å². The van der Waals surface area contributed by atoms with E-state index >= 15 is 0 Å². The van der Waals surface area contributed by atoms with Gasteiger partial charge in [-0.2, -0.15) is 0 Å². The molecule has 0 aliphatic heterocycles. The molecule has 0 bridgehead atoms. The highest BCUT2D eigenvalue weighted by atomic mass is 35.5. The second-order valence-corrected chi connectivity index (χ2v) is 7.53. The standard InChI is InChI=1S/C21H16Cl2N4OS/c22-13-1-4-15(5-2-13)24-21(29)25-16-6-8-17(9-7-16)28-12-20-26-18-10-3-14(23)11-19(18)27-20/h1-11H,12H2,(H,26,27)(H2,24,25,29). The molecule has 0 saturated carbocycles. The molecule has 29 heavy (non-hydrogen) atoms. The van der Waals surface area contributed by atoms with E-state index in [1.807, 2.05) is 54.6 Å². The van der Waals surface area contributed by atoms with Crippen LogP contribution in [0.1, 0.15) is 5.82 Å². The Kier molecular flexibility index (Phi) is 5.85. The number of hydrogen-bond donors (Lipinski definition) is 3. The summed E-state index contributed by atoms with van der Waals surface area (Å²) in [7, 11) is 0. The molecule has 3 aromatic carbocycles. The lowest BCUT2D eigenvalue weighted by molar-refractivity contribution is 0.297. The average Bonchev–Trinajstić information content (AvgIpc) is 3.11. The summed E-state index contributed by atoms with van der Waals surface area (Å²) in [4.78, 5) is 7.69. The monoisotopic (exact) mass is 442 g/mol. The maximum absolute atomic E-state index is 6.00. The molecule has 1 heterocycles. The zero-order chi connectivity index (χ0) is 20.2. The number of halogens is 2. The summed E-state index contributed by atoms with van der Waals surface area (Å²) in [6, 6.07) is 20.4. The van der Waals surface area contributed by atoms with Gasteiger partial charge in [-0.15, -0.1) is 0 Å². The molecule has 3 N–H and O–H groups in total. The molecule has 146 valence electrons. The Bertz CT molecular complexity index is 1140. The highest BCUT2D eigenvalue weighted by Gasteiger charge is 2.05. The Morgan fingerprint density at radius 3 is 2.21 bits per heavy atom. The fraction of sp³-hybridized carbons (Fsp3) is 0.0476. The molecule has 8 heteroatoms. The summed E-state index contributed by atoms with van der Waals surface area (Å²) in [5.74, 6) is 1.46. The number of H-pyrrole nitrogens is 1. The normalized spacial score (nSPS) is 10.7. The van der Waals surface area contributed by atoms with E-state index in [2.05, 4.69) is 20.6 Å². The van der Waals surface area contributed by atoms with Crippen LogP contribution in [-0.4, -0.2) is 15.1 Å². The van der Waals surface area contributed by atoms with Gasteiger partial charge in [0.25, 0.3) is 0 Å². The highest BCUT2D eigenvalue weighted by Crippen LogP contribution is 2.20. The van der Waals surface area contributed by atoms with Crippen molar-refractivity contribution >= 4 is 62.9 Å². The molecule has 0 spiro atoms. The van der Waals surface area contributed by atoms with E-state index in [0.29, 0.717) is 21.8 Å². The fourth-order valence-corrected chi connectivity index (χ4v) is 3.25. The van der Waals surface area contributed by atoms with Crippen LogP contribution in [0.3, 0.4) is 0 Å².